The molecule has 13 heavy (non-hydrogen) atoms. The third-order valence-corrected chi connectivity index (χ3v) is 2.77. The topological polar surface area (TPSA) is 32.3 Å². The molecule has 0 radical (unpaired) electrons. The summed E-state index contributed by atoms with van der Waals surface area (Å²) in [5.41, 5.74) is 0. The largest absolute Gasteiger partial charge is 0.317 e. The zero-order valence-electron chi connectivity index (χ0n) is 8.46. The fraction of sp³-hybridized carbons (Fsp3) is 0.900. The number of carbonyl (C=O) groups excluding carboxylic acids is 1. The maximum Gasteiger partial charge on any atom is 0.121 e. The van der Waals surface area contributed by atoms with Crippen molar-refractivity contribution in [2.75, 3.05) is 26.2 Å². The first-order valence-electron chi connectivity index (χ1n) is 5.27. The molecule has 1 heterocycles. The van der Waals surface area contributed by atoms with Gasteiger partial charge in [-0.15, -0.1) is 0 Å². The predicted octanol–water partition coefficient (Wildman–Crippen LogP) is 0.649. The Morgan fingerprint density at radius 1 is 1.46 bits per heavy atom. The number of hydrogen-bond donors (Lipinski definition) is 1. The van der Waals surface area contributed by atoms with Crippen molar-refractivity contribution in [3.8, 4) is 0 Å². The maximum atomic E-state index is 10.3. The van der Waals surface area contributed by atoms with Crippen LogP contribution in [0.1, 0.15) is 26.2 Å². The van der Waals surface area contributed by atoms with Gasteiger partial charge in [-0.2, -0.15) is 0 Å². The summed E-state index contributed by atoms with van der Waals surface area (Å²) in [6, 6.07) is 0.700. The molecule has 1 rings (SSSR count). The molecule has 0 unspecified atom stereocenters. The monoisotopic (exact) mass is 184 g/mol. The van der Waals surface area contributed by atoms with E-state index in [2.05, 4.69) is 17.1 Å². The van der Waals surface area contributed by atoms with E-state index in [9.17, 15) is 4.79 Å². The molecule has 0 atom stereocenters. The van der Waals surface area contributed by atoms with E-state index in [0.29, 0.717) is 12.5 Å². The van der Waals surface area contributed by atoms with Crippen LogP contribution < -0.4 is 5.32 Å². The highest BCUT2D eigenvalue weighted by Crippen LogP contribution is 2.11. The van der Waals surface area contributed by atoms with Crippen LogP contribution in [-0.2, 0) is 4.79 Å². The molecule has 0 aliphatic carbocycles. The first kappa shape index (κ1) is 10.7. The lowest BCUT2D eigenvalue weighted by Crippen LogP contribution is -2.43. The lowest BCUT2D eigenvalue weighted by atomic mass is 10.0. The van der Waals surface area contributed by atoms with Crippen LogP contribution in [0, 0.1) is 0 Å². The molecule has 0 saturated carbocycles. The molecule has 3 heteroatoms. The fourth-order valence-corrected chi connectivity index (χ4v) is 1.99. The van der Waals surface area contributed by atoms with Gasteiger partial charge in [0.05, 0.1) is 0 Å². The number of nitrogens with one attached hydrogen (secondary N) is 1. The third-order valence-electron chi connectivity index (χ3n) is 2.77. The van der Waals surface area contributed by atoms with Crippen molar-refractivity contribution in [2.24, 2.45) is 0 Å². The molecule has 0 spiro atoms. The summed E-state index contributed by atoms with van der Waals surface area (Å²) in [5.74, 6) is 0. The van der Waals surface area contributed by atoms with E-state index in [4.69, 9.17) is 0 Å². The molecule has 0 aromatic heterocycles. The fourth-order valence-electron chi connectivity index (χ4n) is 1.99. The van der Waals surface area contributed by atoms with Crippen molar-refractivity contribution < 1.29 is 4.79 Å². The minimum Gasteiger partial charge on any atom is -0.317 e. The van der Waals surface area contributed by atoms with Gasteiger partial charge < -0.3 is 15.0 Å². The van der Waals surface area contributed by atoms with Crippen molar-refractivity contribution in [1.29, 1.82) is 0 Å². The van der Waals surface area contributed by atoms with E-state index in [1.165, 1.54) is 12.8 Å². The van der Waals surface area contributed by atoms with E-state index in [1.807, 2.05) is 0 Å². The van der Waals surface area contributed by atoms with Gasteiger partial charge in [0.1, 0.15) is 6.29 Å². The SMILES string of the molecule is CCN(CCC=O)C1CCNCC1. The van der Waals surface area contributed by atoms with Gasteiger partial charge in [-0.1, -0.05) is 6.92 Å². The van der Waals surface area contributed by atoms with Crippen LogP contribution in [0.4, 0.5) is 0 Å². The minimum absolute atomic E-state index is 0.678. The zero-order valence-corrected chi connectivity index (χ0v) is 8.46. The number of hydrogen-bond acceptors (Lipinski definition) is 3. The molecule has 0 aromatic carbocycles. The van der Waals surface area contributed by atoms with Crippen molar-refractivity contribution in [2.45, 2.75) is 32.2 Å². The van der Waals surface area contributed by atoms with Gasteiger partial charge in [-0.05, 0) is 32.5 Å². The van der Waals surface area contributed by atoms with Crippen LogP contribution in [0.3, 0.4) is 0 Å². The Bertz CT molecular complexity index is 144. The molecule has 76 valence electrons. The highest BCUT2D eigenvalue weighted by Gasteiger charge is 2.18. The van der Waals surface area contributed by atoms with Crippen LogP contribution in [0.25, 0.3) is 0 Å². The number of rotatable bonds is 5. The average molecular weight is 184 g/mol. The number of piperidine rings is 1. The van der Waals surface area contributed by atoms with E-state index < -0.39 is 0 Å². The molecule has 3 nitrogen and oxygen atoms in total. The second-order valence-electron chi connectivity index (χ2n) is 3.57. The molecule has 1 fully saturated rings. The van der Waals surface area contributed by atoms with Gasteiger partial charge in [-0.3, -0.25) is 0 Å². The number of nitrogens with zero attached hydrogens (tertiary/aromatic N) is 1. The molecule has 1 aliphatic rings. The highest BCUT2D eigenvalue weighted by molar-refractivity contribution is 5.49. The summed E-state index contributed by atoms with van der Waals surface area (Å²) in [6.07, 6.45) is 4.15. The summed E-state index contributed by atoms with van der Waals surface area (Å²) >= 11 is 0. The second-order valence-corrected chi connectivity index (χ2v) is 3.57. The number of aldehydes is 1. The normalized spacial score (nSPS) is 19.2. The maximum absolute atomic E-state index is 10.3. The summed E-state index contributed by atoms with van der Waals surface area (Å²) < 4.78 is 0. The third kappa shape index (κ3) is 3.44. The highest BCUT2D eigenvalue weighted by atomic mass is 16.1. The van der Waals surface area contributed by atoms with Crippen molar-refractivity contribution >= 4 is 6.29 Å². The quantitative estimate of drug-likeness (QED) is 0.637. The molecule has 0 amide bonds. The molecular formula is C10H20N2O. The van der Waals surface area contributed by atoms with Crippen molar-refractivity contribution in [3.63, 3.8) is 0 Å². The summed E-state index contributed by atoms with van der Waals surface area (Å²) in [7, 11) is 0. The molecule has 0 bridgehead atoms. The smallest absolute Gasteiger partial charge is 0.121 e. The van der Waals surface area contributed by atoms with E-state index in [-0.39, 0.29) is 0 Å². The van der Waals surface area contributed by atoms with E-state index in [1.54, 1.807) is 0 Å². The first-order valence-corrected chi connectivity index (χ1v) is 5.27. The van der Waals surface area contributed by atoms with Gasteiger partial charge in [-0.25, -0.2) is 0 Å². The molecule has 1 N–H and O–H groups in total. The summed E-state index contributed by atoms with van der Waals surface area (Å²) in [4.78, 5) is 12.7. The standard InChI is InChI=1S/C10H20N2O/c1-2-12(8-3-9-13)10-4-6-11-7-5-10/h9-11H,2-8H2,1H3. The van der Waals surface area contributed by atoms with Crippen LogP contribution >= 0.6 is 0 Å². The van der Waals surface area contributed by atoms with Gasteiger partial charge in [0, 0.05) is 19.0 Å². The Kier molecular flexibility index (Phi) is 5.01. The van der Waals surface area contributed by atoms with Crippen molar-refractivity contribution in [3.05, 3.63) is 0 Å². The van der Waals surface area contributed by atoms with E-state index >= 15 is 0 Å². The lowest BCUT2D eigenvalue weighted by molar-refractivity contribution is -0.108. The average Bonchev–Trinajstić information content (AvgIpc) is 2.21. The van der Waals surface area contributed by atoms with Crippen molar-refractivity contribution in [1.82, 2.24) is 10.2 Å². The van der Waals surface area contributed by atoms with Crippen LogP contribution in [0.2, 0.25) is 0 Å². The van der Waals surface area contributed by atoms with Crippen LogP contribution in [0.15, 0.2) is 0 Å². The first-order chi connectivity index (χ1) is 6.38. The Balaban J connectivity index is 2.29. The molecule has 1 saturated heterocycles. The Labute approximate surface area is 80.5 Å². The predicted molar refractivity (Wildman–Crippen MR) is 53.8 cm³/mol. The van der Waals surface area contributed by atoms with Crippen LogP contribution in [-0.4, -0.2) is 43.4 Å². The minimum atomic E-state index is 0.678. The van der Waals surface area contributed by atoms with Gasteiger partial charge in [0.25, 0.3) is 0 Å². The second kappa shape index (κ2) is 6.11. The Morgan fingerprint density at radius 3 is 2.69 bits per heavy atom. The van der Waals surface area contributed by atoms with E-state index in [0.717, 1.165) is 32.5 Å². The Morgan fingerprint density at radius 2 is 2.15 bits per heavy atom. The molecule has 1 aliphatic heterocycles. The lowest BCUT2D eigenvalue weighted by Gasteiger charge is -2.33. The van der Waals surface area contributed by atoms with Gasteiger partial charge in [0.15, 0.2) is 0 Å². The van der Waals surface area contributed by atoms with Crippen LogP contribution in [0.5, 0.6) is 0 Å². The summed E-state index contributed by atoms with van der Waals surface area (Å²) in [6.45, 7) is 6.43. The van der Waals surface area contributed by atoms with Gasteiger partial charge >= 0.3 is 0 Å². The summed E-state index contributed by atoms with van der Waals surface area (Å²) in [5, 5.41) is 3.35. The van der Waals surface area contributed by atoms with Gasteiger partial charge in [0.2, 0.25) is 0 Å². The Hall–Kier alpha value is -0.410. The zero-order chi connectivity index (χ0) is 9.52. The molecule has 0 aromatic rings. The number of carbonyl (C=O) groups is 1. The molecular weight excluding hydrogens is 164 g/mol.